The molecule has 0 aliphatic rings. The zero-order valence-corrected chi connectivity index (χ0v) is 12.0. The van der Waals surface area contributed by atoms with E-state index in [1.165, 1.54) is 24.3 Å². The second-order valence-corrected chi connectivity index (χ2v) is 5.54. The first-order chi connectivity index (χ1) is 9.46. The van der Waals surface area contributed by atoms with Crippen molar-refractivity contribution in [1.82, 2.24) is 0 Å². The van der Waals surface area contributed by atoms with Gasteiger partial charge in [-0.2, -0.15) is 0 Å². The van der Waals surface area contributed by atoms with Crippen LogP contribution in [0, 0.1) is 0 Å². The highest BCUT2D eigenvalue weighted by Gasteiger charge is 2.31. The molecular formula is C14H18F3NO3. The van der Waals surface area contributed by atoms with Crippen LogP contribution in [0.4, 0.5) is 13.2 Å². The summed E-state index contributed by atoms with van der Waals surface area (Å²) in [5.74, 6) is -0.879. The number of rotatable bonds is 4. The highest BCUT2D eigenvalue weighted by Crippen LogP contribution is 2.23. The molecule has 1 aromatic rings. The second kappa shape index (κ2) is 6.34. The minimum atomic E-state index is -4.73. The molecule has 0 saturated carbocycles. The number of nitrogens with two attached hydrogens (primary N) is 1. The van der Waals surface area contributed by atoms with Gasteiger partial charge in [-0.1, -0.05) is 12.1 Å². The first kappa shape index (κ1) is 17.3. The SMILES string of the molecule is CC(C)(C)OC(=O)[C@H](N)Cc1ccc(OC(F)(F)F)cc1. The van der Waals surface area contributed by atoms with Crippen molar-refractivity contribution >= 4 is 5.97 Å². The van der Waals surface area contributed by atoms with Crippen molar-refractivity contribution in [3.63, 3.8) is 0 Å². The molecule has 0 bridgehead atoms. The Balaban J connectivity index is 2.61. The van der Waals surface area contributed by atoms with Gasteiger partial charge in [0.1, 0.15) is 17.4 Å². The Morgan fingerprint density at radius 3 is 2.14 bits per heavy atom. The Morgan fingerprint density at radius 2 is 1.71 bits per heavy atom. The van der Waals surface area contributed by atoms with Crippen molar-refractivity contribution in [3.8, 4) is 5.75 Å². The molecule has 21 heavy (non-hydrogen) atoms. The summed E-state index contributed by atoms with van der Waals surface area (Å²) < 4.78 is 44.9. The summed E-state index contributed by atoms with van der Waals surface area (Å²) in [4.78, 5) is 11.7. The monoisotopic (exact) mass is 305 g/mol. The van der Waals surface area contributed by atoms with E-state index in [0.717, 1.165) is 0 Å². The Labute approximate surface area is 121 Å². The van der Waals surface area contributed by atoms with E-state index in [9.17, 15) is 18.0 Å². The molecule has 0 fully saturated rings. The summed E-state index contributed by atoms with van der Waals surface area (Å²) >= 11 is 0. The fourth-order valence-corrected chi connectivity index (χ4v) is 1.54. The van der Waals surface area contributed by atoms with Crippen LogP contribution in [-0.4, -0.2) is 24.0 Å². The van der Waals surface area contributed by atoms with Gasteiger partial charge in [0, 0.05) is 0 Å². The van der Waals surface area contributed by atoms with E-state index in [-0.39, 0.29) is 12.2 Å². The van der Waals surface area contributed by atoms with Gasteiger partial charge in [-0.25, -0.2) is 0 Å². The lowest BCUT2D eigenvalue weighted by Crippen LogP contribution is -2.38. The van der Waals surface area contributed by atoms with Crippen LogP contribution < -0.4 is 10.5 Å². The summed E-state index contributed by atoms with van der Waals surface area (Å²) in [6.45, 7) is 5.17. The smallest absolute Gasteiger partial charge is 0.459 e. The average Bonchev–Trinajstić information content (AvgIpc) is 2.27. The van der Waals surface area contributed by atoms with Gasteiger partial charge in [0.2, 0.25) is 0 Å². The number of carbonyl (C=O) groups excluding carboxylic acids is 1. The van der Waals surface area contributed by atoms with Crippen molar-refractivity contribution in [3.05, 3.63) is 29.8 Å². The fraction of sp³-hybridized carbons (Fsp3) is 0.500. The molecule has 0 amide bonds. The molecule has 0 aliphatic heterocycles. The molecule has 0 aliphatic carbocycles. The maximum atomic E-state index is 12.0. The number of alkyl halides is 3. The molecule has 0 spiro atoms. The number of halogens is 3. The van der Waals surface area contributed by atoms with E-state index >= 15 is 0 Å². The lowest BCUT2D eigenvalue weighted by atomic mass is 10.1. The van der Waals surface area contributed by atoms with Crippen LogP contribution in [0.3, 0.4) is 0 Å². The zero-order valence-electron chi connectivity index (χ0n) is 12.0. The summed E-state index contributed by atoms with van der Waals surface area (Å²) in [6, 6.07) is 4.31. The van der Waals surface area contributed by atoms with Gasteiger partial charge >= 0.3 is 12.3 Å². The zero-order chi connectivity index (χ0) is 16.3. The first-order valence-electron chi connectivity index (χ1n) is 6.29. The van der Waals surface area contributed by atoms with Gasteiger partial charge < -0.3 is 15.2 Å². The third kappa shape index (κ3) is 6.99. The van der Waals surface area contributed by atoms with Crippen molar-refractivity contribution in [1.29, 1.82) is 0 Å². The number of ether oxygens (including phenoxy) is 2. The summed E-state index contributed by atoms with van der Waals surface area (Å²) in [6.07, 6.45) is -4.56. The normalized spacial score (nSPS) is 13.7. The molecule has 0 radical (unpaired) electrons. The molecule has 1 aromatic carbocycles. The molecule has 0 unspecified atom stereocenters. The van der Waals surface area contributed by atoms with Crippen molar-refractivity contribution in [2.24, 2.45) is 5.73 Å². The van der Waals surface area contributed by atoms with Gasteiger partial charge in [-0.05, 0) is 44.9 Å². The van der Waals surface area contributed by atoms with Crippen molar-refractivity contribution in [2.45, 2.75) is 45.2 Å². The molecule has 0 heterocycles. The van der Waals surface area contributed by atoms with Crippen LogP contribution in [0.1, 0.15) is 26.3 Å². The van der Waals surface area contributed by atoms with Gasteiger partial charge in [-0.15, -0.1) is 13.2 Å². The largest absolute Gasteiger partial charge is 0.573 e. The number of hydrogen-bond donors (Lipinski definition) is 1. The average molecular weight is 305 g/mol. The summed E-state index contributed by atoms with van der Waals surface area (Å²) in [5.41, 5.74) is 5.68. The summed E-state index contributed by atoms with van der Waals surface area (Å²) in [5, 5.41) is 0. The predicted molar refractivity (Wildman–Crippen MR) is 70.6 cm³/mol. The van der Waals surface area contributed by atoms with E-state index in [4.69, 9.17) is 10.5 Å². The third-order valence-electron chi connectivity index (χ3n) is 2.32. The molecule has 2 N–H and O–H groups in total. The van der Waals surface area contributed by atoms with Crippen molar-refractivity contribution in [2.75, 3.05) is 0 Å². The molecule has 1 rings (SSSR count). The van der Waals surface area contributed by atoms with Crippen LogP contribution in [0.2, 0.25) is 0 Å². The maximum Gasteiger partial charge on any atom is 0.573 e. The van der Waals surface area contributed by atoms with Gasteiger partial charge in [-0.3, -0.25) is 4.79 Å². The minimum Gasteiger partial charge on any atom is -0.459 e. The van der Waals surface area contributed by atoms with Gasteiger partial charge in [0.25, 0.3) is 0 Å². The number of benzene rings is 1. The second-order valence-electron chi connectivity index (χ2n) is 5.54. The third-order valence-corrected chi connectivity index (χ3v) is 2.32. The lowest BCUT2D eigenvalue weighted by molar-refractivity contribution is -0.274. The molecule has 0 aromatic heterocycles. The van der Waals surface area contributed by atoms with Gasteiger partial charge in [0.05, 0.1) is 0 Å². The van der Waals surface area contributed by atoms with E-state index < -0.39 is 24.0 Å². The molecule has 118 valence electrons. The van der Waals surface area contributed by atoms with E-state index in [2.05, 4.69) is 4.74 Å². The molecule has 4 nitrogen and oxygen atoms in total. The Hall–Kier alpha value is -1.76. The quantitative estimate of drug-likeness (QED) is 0.869. The molecule has 1 atom stereocenters. The standard InChI is InChI=1S/C14H18F3NO3/c1-13(2,3)21-12(19)11(18)8-9-4-6-10(7-5-9)20-14(15,16)17/h4-7,11H,8,18H2,1-3H3/t11-/m1/s1. The maximum absolute atomic E-state index is 12.0. The van der Waals surface area contributed by atoms with E-state index in [1.807, 2.05) is 0 Å². The predicted octanol–water partition coefficient (Wildman–Crippen LogP) is 2.80. The summed E-state index contributed by atoms with van der Waals surface area (Å²) in [7, 11) is 0. The Bertz CT molecular complexity index is 478. The Morgan fingerprint density at radius 1 is 1.19 bits per heavy atom. The van der Waals surface area contributed by atoms with Crippen LogP contribution in [0.5, 0.6) is 5.75 Å². The molecule has 7 heteroatoms. The van der Waals surface area contributed by atoms with Gasteiger partial charge in [0.15, 0.2) is 0 Å². The number of hydrogen-bond acceptors (Lipinski definition) is 4. The van der Waals surface area contributed by atoms with E-state index in [0.29, 0.717) is 5.56 Å². The fourth-order valence-electron chi connectivity index (χ4n) is 1.54. The molecule has 0 saturated heterocycles. The minimum absolute atomic E-state index is 0.168. The van der Waals surface area contributed by atoms with Crippen LogP contribution in [0.15, 0.2) is 24.3 Å². The number of esters is 1. The van der Waals surface area contributed by atoms with Crippen molar-refractivity contribution < 1.29 is 27.4 Å². The Kier molecular flexibility index (Phi) is 5.22. The highest BCUT2D eigenvalue weighted by molar-refractivity contribution is 5.76. The van der Waals surface area contributed by atoms with Crippen LogP contribution in [0.25, 0.3) is 0 Å². The highest BCUT2D eigenvalue weighted by atomic mass is 19.4. The topological polar surface area (TPSA) is 61.5 Å². The van der Waals surface area contributed by atoms with Crippen LogP contribution in [-0.2, 0) is 16.0 Å². The van der Waals surface area contributed by atoms with E-state index in [1.54, 1.807) is 20.8 Å². The lowest BCUT2D eigenvalue weighted by Gasteiger charge is -2.22. The molecular weight excluding hydrogens is 287 g/mol. The first-order valence-corrected chi connectivity index (χ1v) is 6.29. The van der Waals surface area contributed by atoms with Crippen LogP contribution >= 0.6 is 0 Å². The number of carbonyl (C=O) groups is 1.